The highest BCUT2D eigenvalue weighted by atomic mass is 32.2. The van der Waals surface area contributed by atoms with Crippen LogP contribution in [0.25, 0.3) is 16.3 Å². The maximum atomic E-state index is 12.6. The summed E-state index contributed by atoms with van der Waals surface area (Å²) in [4.78, 5) is 32.3. The third-order valence-electron chi connectivity index (χ3n) is 3.91. The molecule has 0 aliphatic carbocycles. The molecule has 3 aromatic rings. The second-order valence-corrected chi connectivity index (χ2v) is 9.60. The van der Waals surface area contributed by atoms with Gasteiger partial charge in [0.2, 0.25) is 5.91 Å². The van der Waals surface area contributed by atoms with Crippen LogP contribution >= 0.6 is 46.7 Å². The van der Waals surface area contributed by atoms with Crippen LogP contribution in [0, 0.1) is 0 Å². The summed E-state index contributed by atoms with van der Waals surface area (Å²) in [6.07, 6.45) is 1.80. The molecule has 0 saturated carbocycles. The molecule has 148 valence electrons. The number of thiophene rings is 1. The van der Waals surface area contributed by atoms with Gasteiger partial charge >= 0.3 is 0 Å². The van der Waals surface area contributed by atoms with Crippen LogP contribution in [0.1, 0.15) is 11.8 Å². The van der Waals surface area contributed by atoms with Gasteiger partial charge in [0.25, 0.3) is 5.91 Å². The number of thioether (sulfide) groups is 1. The molecule has 3 heterocycles. The first-order valence-corrected chi connectivity index (χ1v) is 11.6. The lowest BCUT2D eigenvalue weighted by atomic mass is 10.3. The molecule has 0 spiro atoms. The molecular formula is C19H15N3O3S4. The molecule has 0 bridgehead atoms. The van der Waals surface area contributed by atoms with Crippen LogP contribution in [-0.2, 0) is 9.59 Å². The third kappa shape index (κ3) is 4.50. The minimum absolute atomic E-state index is 0.146. The summed E-state index contributed by atoms with van der Waals surface area (Å²) in [5.41, 5.74) is 0.776. The molecular weight excluding hydrogens is 446 g/mol. The fourth-order valence-corrected chi connectivity index (χ4v) is 5.54. The number of hydrogen-bond donors (Lipinski definition) is 1. The molecule has 0 unspecified atom stereocenters. The Bertz CT molecular complexity index is 1120. The number of nitrogens with zero attached hydrogens (tertiary/aromatic N) is 2. The molecule has 2 amide bonds. The fourth-order valence-electron chi connectivity index (χ4n) is 2.66. The summed E-state index contributed by atoms with van der Waals surface area (Å²) in [7, 11) is 0. The molecule has 1 fully saturated rings. The zero-order valence-corrected chi connectivity index (χ0v) is 18.5. The van der Waals surface area contributed by atoms with Gasteiger partial charge in [0.15, 0.2) is 5.13 Å². The average Bonchev–Trinajstić information content (AvgIpc) is 3.39. The van der Waals surface area contributed by atoms with E-state index in [9.17, 15) is 9.59 Å². The number of fused-ring (bicyclic) bond motifs is 1. The number of ether oxygens (including phenoxy) is 1. The number of carbonyl (C=O) groups is 2. The van der Waals surface area contributed by atoms with Gasteiger partial charge in [-0.1, -0.05) is 41.4 Å². The van der Waals surface area contributed by atoms with E-state index >= 15 is 0 Å². The summed E-state index contributed by atoms with van der Waals surface area (Å²) in [5, 5.41) is 5.17. The number of benzene rings is 1. The van der Waals surface area contributed by atoms with Crippen molar-refractivity contribution >= 4 is 84.2 Å². The summed E-state index contributed by atoms with van der Waals surface area (Å²) in [5.74, 6) is 0.161. The van der Waals surface area contributed by atoms with Crippen molar-refractivity contribution in [2.75, 3.05) is 18.5 Å². The molecule has 2 aromatic heterocycles. The number of anilines is 1. The Morgan fingerprint density at radius 1 is 1.38 bits per heavy atom. The first kappa shape index (κ1) is 20.0. The lowest BCUT2D eigenvalue weighted by Gasteiger charge is -2.13. The summed E-state index contributed by atoms with van der Waals surface area (Å²) in [6.45, 7) is 2.36. The number of carbonyl (C=O) groups excluding carboxylic acids is 2. The van der Waals surface area contributed by atoms with E-state index in [2.05, 4.69) is 10.3 Å². The van der Waals surface area contributed by atoms with Gasteiger partial charge in [-0.15, -0.1) is 11.3 Å². The molecule has 1 aromatic carbocycles. The van der Waals surface area contributed by atoms with Gasteiger partial charge in [-0.05, 0) is 42.6 Å². The minimum atomic E-state index is -0.345. The third-order valence-corrected chi connectivity index (χ3v) is 7.04. The highest BCUT2D eigenvalue weighted by Gasteiger charge is 2.33. The monoisotopic (exact) mass is 461 g/mol. The molecule has 1 aliphatic heterocycles. The van der Waals surface area contributed by atoms with Gasteiger partial charge in [0, 0.05) is 4.88 Å². The van der Waals surface area contributed by atoms with E-state index in [4.69, 9.17) is 17.0 Å². The van der Waals surface area contributed by atoms with Crippen molar-refractivity contribution in [3.8, 4) is 5.75 Å². The highest BCUT2D eigenvalue weighted by molar-refractivity contribution is 8.26. The maximum absolute atomic E-state index is 12.6. The predicted octanol–water partition coefficient (Wildman–Crippen LogP) is 4.60. The van der Waals surface area contributed by atoms with Crippen molar-refractivity contribution in [2.24, 2.45) is 0 Å². The van der Waals surface area contributed by atoms with Gasteiger partial charge in [-0.25, -0.2) is 4.98 Å². The quantitative estimate of drug-likeness (QED) is 0.427. The number of amides is 2. The van der Waals surface area contributed by atoms with E-state index in [1.54, 1.807) is 6.08 Å². The topological polar surface area (TPSA) is 71.5 Å². The van der Waals surface area contributed by atoms with Gasteiger partial charge in [0.05, 0.1) is 21.7 Å². The van der Waals surface area contributed by atoms with Crippen LogP contribution in [0.2, 0.25) is 0 Å². The molecule has 0 radical (unpaired) electrons. The Balaban J connectivity index is 1.43. The molecule has 1 saturated heterocycles. The van der Waals surface area contributed by atoms with E-state index in [1.165, 1.54) is 39.3 Å². The van der Waals surface area contributed by atoms with Crippen molar-refractivity contribution in [1.82, 2.24) is 9.88 Å². The van der Waals surface area contributed by atoms with Crippen molar-refractivity contribution in [3.05, 3.63) is 45.5 Å². The second kappa shape index (κ2) is 8.62. The summed E-state index contributed by atoms with van der Waals surface area (Å²) in [6, 6.07) is 9.43. The van der Waals surface area contributed by atoms with E-state index < -0.39 is 0 Å². The zero-order valence-electron chi connectivity index (χ0n) is 15.2. The van der Waals surface area contributed by atoms with Crippen LogP contribution in [-0.4, -0.2) is 39.2 Å². The van der Waals surface area contributed by atoms with E-state index in [1.807, 2.05) is 42.6 Å². The number of thiazole rings is 1. The second-order valence-electron chi connectivity index (χ2n) is 5.91. The van der Waals surface area contributed by atoms with Gasteiger partial charge in [-0.2, -0.15) is 0 Å². The number of nitrogens with one attached hydrogen (secondary N) is 1. The van der Waals surface area contributed by atoms with E-state index in [0.29, 0.717) is 21.0 Å². The average molecular weight is 462 g/mol. The standard InChI is InChI=1S/C19H15N3O3S4/c1-2-25-11-5-6-13-14(8-11)28-18(20-13)21-16(23)10-22-17(24)15(29-19(22)26)9-12-4-3-7-27-12/h3-9H,2,10H2,1H3,(H,20,21,23)/b15-9-. The Morgan fingerprint density at radius 2 is 2.24 bits per heavy atom. The summed E-state index contributed by atoms with van der Waals surface area (Å²) >= 11 is 9.39. The van der Waals surface area contributed by atoms with Crippen molar-refractivity contribution in [2.45, 2.75) is 6.92 Å². The van der Waals surface area contributed by atoms with Crippen molar-refractivity contribution < 1.29 is 14.3 Å². The molecule has 1 aliphatic rings. The molecule has 10 heteroatoms. The van der Waals surface area contributed by atoms with Crippen molar-refractivity contribution in [1.29, 1.82) is 0 Å². The maximum Gasteiger partial charge on any atom is 0.266 e. The Kier molecular flexibility index (Phi) is 5.95. The van der Waals surface area contributed by atoms with Crippen molar-refractivity contribution in [3.63, 3.8) is 0 Å². The number of rotatable bonds is 6. The normalized spacial score (nSPS) is 15.5. The molecule has 29 heavy (non-hydrogen) atoms. The van der Waals surface area contributed by atoms with Gasteiger partial charge in [0.1, 0.15) is 16.6 Å². The van der Waals surface area contributed by atoms with Crippen LogP contribution in [0.4, 0.5) is 5.13 Å². The van der Waals surface area contributed by atoms with Gasteiger partial charge in [-0.3, -0.25) is 14.5 Å². The molecule has 4 rings (SSSR count). The number of hydrogen-bond acceptors (Lipinski definition) is 8. The Morgan fingerprint density at radius 3 is 3.00 bits per heavy atom. The van der Waals surface area contributed by atoms with Crippen LogP contribution < -0.4 is 10.1 Å². The fraction of sp³-hybridized carbons (Fsp3) is 0.158. The van der Waals surface area contributed by atoms with E-state index in [0.717, 1.165) is 20.8 Å². The summed E-state index contributed by atoms with van der Waals surface area (Å²) < 4.78 is 6.78. The van der Waals surface area contributed by atoms with Crippen LogP contribution in [0.3, 0.4) is 0 Å². The molecule has 1 N–H and O–H groups in total. The Labute approximate surface area is 184 Å². The largest absolute Gasteiger partial charge is 0.494 e. The van der Waals surface area contributed by atoms with Crippen LogP contribution in [0.15, 0.2) is 40.6 Å². The predicted molar refractivity (Wildman–Crippen MR) is 124 cm³/mol. The lowest BCUT2D eigenvalue weighted by Crippen LogP contribution is -2.36. The molecule has 6 nitrogen and oxygen atoms in total. The highest BCUT2D eigenvalue weighted by Crippen LogP contribution is 2.33. The number of thiocarbonyl (C=S) groups is 1. The Hall–Kier alpha value is -2.27. The SMILES string of the molecule is CCOc1ccc2nc(NC(=O)CN3C(=O)/C(=C/c4cccs4)SC3=S)sc2c1. The van der Waals surface area contributed by atoms with Gasteiger partial charge < -0.3 is 10.1 Å². The number of aromatic nitrogens is 1. The van der Waals surface area contributed by atoms with Crippen LogP contribution in [0.5, 0.6) is 5.75 Å². The smallest absolute Gasteiger partial charge is 0.266 e. The zero-order chi connectivity index (χ0) is 20.4. The molecule has 0 atom stereocenters. The first-order chi connectivity index (χ1) is 14.0. The first-order valence-electron chi connectivity index (χ1n) is 8.65. The van der Waals surface area contributed by atoms with E-state index in [-0.39, 0.29) is 18.4 Å². The lowest BCUT2D eigenvalue weighted by molar-refractivity contribution is -0.126. The minimum Gasteiger partial charge on any atom is -0.494 e.